The van der Waals surface area contributed by atoms with Gasteiger partial charge in [0, 0.05) is 35.4 Å². The van der Waals surface area contributed by atoms with Gasteiger partial charge in [0.2, 0.25) is 5.78 Å². The smallest absolute Gasteiger partial charge is 0.215 e. The number of hydrogen-bond donors (Lipinski definition) is 0. The van der Waals surface area contributed by atoms with E-state index in [2.05, 4.69) is 131 Å². The van der Waals surface area contributed by atoms with E-state index in [1.807, 2.05) is 6.07 Å². The largest absolute Gasteiger partial charge is 0.336 e. The first kappa shape index (κ1) is 21.3. The van der Waals surface area contributed by atoms with Gasteiger partial charge in [-0.3, -0.25) is 4.40 Å². The summed E-state index contributed by atoms with van der Waals surface area (Å²) in [5.74, 6) is 0.966. The molecule has 0 bridgehead atoms. The number of aromatic nitrogens is 4. The van der Waals surface area contributed by atoms with Gasteiger partial charge in [-0.15, -0.1) is 0 Å². The molecule has 182 valence electrons. The average Bonchev–Trinajstić information content (AvgIpc) is 3.58. The highest BCUT2D eigenvalue weighted by Crippen LogP contribution is 2.35. The van der Waals surface area contributed by atoms with Gasteiger partial charge in [0.15, 0.2) is 0 Å². The number of nitrogens with zero attached hydrogens (tertiary/aromatic N) is 4. The van der Waals surface area contributed by atoms with Gasteiger partial charge in [-0.2, -0.15) is 0 Å². The van der Waals surface area contributed by atoms with Crippen molar-refractivity contribution in [2.24, 2.45) is 7.05 Å². The summed E-state index contributed by atoms with van der Waals surface area (Å²) in [5.41, 5.74) is 12.2. The lowest BCUT2D eigenvalue weighted by atomic mass is 9.95. The summed E-state index contributed by atoms with van der Waals surface area (Å²) in [4.78, 5) is 4.92. The number of benzene rings is 5. The Morgan fingerprint density at radius 1 is 0.632 bits per heavy atom. The van der Waals surface area contributed by atoms with Crippen LogP contribution in [0.1, 0.15) is 11.1 Å². The highest BCUT2D eigenvalue weighted by Gasteiger charge is 2.17. The van der Waals surface area contributed by atoms with Crippen molar-refractivity contribution in [3.05, 3.63) is 120 Å². The summed E-state index contributed by atoms with van der Waals surface area (Å²) in [6.45, 7) is 3.04. The molecule has 0 aliphatic rings. The Labute approximate surface area is 220 Å². The first-order valence-corrected chi connectivity index (χ1v) is 13.1. The Bertz CT molecular complexity index is 2130. The van der Waals surface area contributed by atoms with Crippen LogP contribution in [0.15, 0.2) is 109 Å². The molecule has 0 saturated carbocycles. The van der Waals surface area contributed by atoms with Gasteiger partial charge in [-0.1, -0.05) is 72.8 Å². The Balaban J connectivity index is 1.33. The lowest BCUT2D eigenvalue weighted by Crippen LogP contribution is -2.03. The minimum absolute atomic E-state index is 0.815. The van der Waals surface area contributed by atoms with Gasteiger partial charge >= 0.3 is 0 Å². The summed E-state index contributed by atoms with van der Waals surface area (Å²) >= 11 is 0. The van der Waals surface area contributed by atoms with E-state index in [0.717, 1.165) is 23.4 Å². The number of fused-ring (bicyclic) bond motifs is 8. The van der Waals surface area contributed by atoms with Gasteiger partial charge < -0.3 is 9.13 Å². The maximum atomic E-state index is 4.92. The quantitative estimate of drug-likeness (QED) is 0.246. The summed E-state index contributed by atoms with van der Waals surface area (Å²) < 4.78 is 6.95. The van der Waals surface area contributed by atoms with Crippen molar-refractivity contribution in [2.75, 3.05) is 0 Å². The Hall–Kier alpha value is -4.83. The molecule has 3 aromatic heterocycles. The van der Waals surface area contributed by atoms with Crippen LogP contribution in [-0.2, 0) is 13.6 Å². The molecule has 0 spiro atoms. The van der Waals surface area contributed by atoms with Crippen molar-refractivity contribution >= 4 is 49.7 Å². The fourth-order valence-corrected chi connectivity index (χ4v) is 6.25. The van der Waals surface area contributed by atoms with E-state index in [1.54, 1.807) is 0 Å². The number of hydrogen-bond acceptors (Lipinski definition) is 1. The van der Waals surface area contributed by atoms with E-state index in [9.17, 15) is 0 Å². The van der Waals surface area contributed by atoms with E-state index in [-0.39, 0.29) is 0 Å². The van der Waals surface area contributed by atoms with E-state index >= 15 is 0 Å². The molecule has 8 aromatic rings. The van der Waals surface area contributed by atoms with Crippen molar-refractivity contribution < 1.29 is 0 Å². The second-order valence-corrected chi connectivity index (χ2v) is 10.2. The van der Waals surface area contributed by atoms with Crippen LogP contribution in [0.2, 0.25) is 0 Å². The molecule has 0 amide bonds. The van der Waals surface area contributed by atoms with Crippen molar-refractivity contribution in [3.63, 3.8) is 0 Å². The van der Waals surface area contributed by atoms with Gasteiger partial charge in [0.05, 0.1) is 22.1 Å². The molecule has 0 fully saturated rings. The summed E-state index contributed by atoms with van der Waals surface area (Å²) in [6.07, 6.45) is 0. The zero-order valence-electron chi connectivity index (χ0n) is 21.4. The Morgan fingerprint density at radius 3 is 2.08 bits per heavy atom. The van der Waals surface area contributed by atoms with Gasteiger partial charge in [-0.05, 0) is 65.6 Å². The SMILES string of the molecule is Cc1cccc(-c2ccc3c(c2)n(C)c2nc4ccccc4n32)c1Cn1c2ccccc2c2ccccc21. The molecule has 3 heterocycles. The van der Waals surface area contributed by atoms with E-state index in [1.165, 1.54) is 55.1 Å². The molecule has 8 rings (SSSR count). The van der Waals surface area contributed by atoms with Crippen LogP contribution < -0.4 is 0 Å². The topological polar surface area (TPSA) is 27.2 Å². The molecule has 38 heavy (non-hydrogen) atoms. The standard InChI is InChI=1S/C34H26N4/c1-22-10-9-13-24(27(22)21-37-29-15-6-3-11-25(29)26-12-4-7-16-30(26)37)23-18-19-32-33(20-23)36(2)34-35-28-14-5-8-17-31(28)38(32)34/h3-20H,21H2,1-2H3. The fourth-order valence-electron chi connectivity index (χ4n) is 6.25. The van der Waals surface area contributed by atoms with Crippen LogP contribution in [0.3, 0.4) is 0 Å². The fraction of sp³-hybridized carbons (Fsp3) is 0.0882. The first-order valence-electron chi connectivity index (χ1n) is 13.1. The molecule has 0 N–H and O–H groups in total. The van der Waals surface area contributed by atoms with Crippen LogP contribution in [0.5, 0.6) is 0 Å². The lowest BCUT2D eigenvalue weighted by Gasteiger charge is -2.16. The van der Waals surface area contributed by atoms with Crippen LogP contribution in [-0.4, -0.2) is 18.5 Å². The molecule has 4 heteroatoms. The molecular formula is C34H26N4. The molecule has 0 saturated heterocycles. The van der Waals surface area contributed by atoms with Crippen LogP contribution in [0.25, 0.3) is 60.8 Å². The zero-order valence-corrected chi connectivity index (χ0v) is 21.4. The van der Waals surface area contributed by atoms with Crippen molar-refractivity contribution in [2.45, 2.75) is 13.5 Å². The monoisotopic (exact) mass is 490 g/mol. The second kappa shape index (κ2) is 7.83. The molecule has 5 aromatic carbocycles. The third-order valence-corrected chi connectivity index (χ3v) is 8.14. The third-order valence-electron chi connectivity index (χ3n) is 8.14. The van der Waals surface area contributed by atoms with Crippen molar-refractivity contribution in [1.29, 1.82) is 0 Å². The number of rotatable bonds is 3. The van der Waals surface area contributed by atoms with E-state index < -0.39 is 0 Å². The summed E-state index contributed by atoms with van der Waals surface area (Å²) in [7, 11) is 2.11. The van der Waals surface area contributed by atoms with Crippen LogP contribution in [0, 0.1) is 6.92 Å². The molecule has 0 atom stereocenters. The van der Waals surface area contributed by atoms with E-state index in [0.29, 0.717) is 0 Å². The van der Waals surface area contributed by atoms with Gasteiger partial charge in [0.25, 0.3) is 0 Å². The minimum Gasteiger partial charge on any atom is -0.336 e. The third kappa shape index (κ3) is 2.88. The predicted molar refractivity (Wildman–Crippen MR) is 158 cm³/mol. The van der Waals surface area contributed by atoms with E-state index in [4.69, 9.17) is 4.98 Å². The molecule has 0 aliphatic carbocycles. The van der Waals surface area contributed by atoms with Gasteiger partial charge in [0.1, 0.15) is 0 Å². The van der Waals surface area contributed by atoms with Crippen LogP contribution >= 0.6 is 0 Å². The highest BCUT2D eigenvalue weighted by molar-refractivity contribution is 6.08. The molecule has 0 aliphatic heterocycles. The second-order valence-electron chi connectivity index (χ2n) is 10.2. The maximum absolute atomic E-state index is 4.92. The predicted octanol–water partition coefficient (Wildman–Crippen LogP) is 8.11. The lowest BCUT2D eigenvalue weighted by molar-refractivity contribution is 0.863. The average molecular weight is 491 g/mol. The molecule has 4 nitrogen and oxygen atoms in total. The molecule has 0 radical (unpaired) electrons. The minimum atomic E-state index is 0.815. The molecule has 0 unspecified atom stereocenters. The number of imidazole rings is 2. The van der Waals surface area contributed by atoms with Gasteiger partial charge in [-0.25, -0.2) is 4.98 Å². The van der Waals surface area contributed by atoms with Crippen molar-refractivity contribution in [1.82, 2.24) is 18.5 Å². The summed E-state index contributed by atoms with van der Waals surface area (Å²) in [6, 6.07) is 39.3. The van der Waals surface area contributed by atoms with Crippen LogP contribution in [0.4, 0.5) is 0 Å². The Morgan fingerprint density at radius 2 is 1.32 bits per heavy atom. The number of aryl methyl sites for hydroxylation is 2. The highest BCUT2D eigenvalue weighted by atomic mass is 15.2. The summed E-state index contributed by atoms with van der Waals surface area (Å²) in [5, 5.41) is 2.61. The first-order chi connectivity index (χ1) is 18.7. The maximum Gasteiger partial charge on any atom is 0.215 e. The molecular weight excluding hydrogens is 464 g/mol. The Kier molecular flexibility index (Phi) is 4.38. The zero-order chi connectivity index (χ0) is 25.4. The normalized spacial score (nSPS) is 12.1. The van der Waals surface area contributed by atoms with Crippen molar-refractivity contribution in [3.8, 4) is 11.1 Å². The number of para-hydroxylation sites is 4.